The summed E-state index contributed by atoms with van der Waals surface area (Å²) in [7, 11) is 0. The Bertz CT molecular complexity index is 106. The summed E-state index contributed by atoms with van der Waals surface area (Å²) < 4.78 is 0. The van der Waals surface area contributed by atoms with E-state index in [2.05, 4.69) is 13.8 Å². The third-order valence-corrected chi connectivity index (χ3v) is 0.707. The average Bonchev–Trinajstić information content (AvgIpc) is 1.86. The molecular weight excluding hydrogens is 184 g/mol. The summed E-state index contributed by atoms with van der Waals surface area (Å²) >= 11 is 0. The number of hydrogen-bond donors (Lipinski definition) is 2. The van der Waals surface area contributed by atoms with E-state index in [1.165, 1.54) is 19.3 Å². The van der Waals surface area contributed by atoms with Gasteiger partial charge >= 0.3 is 0 Å². The molecule has 2 N–H and O–H groups in total. The maximum absolute atomic E-state index is 8.36. The van der Waals surface area contributed by atoms with Crippen molar-refractivity contribution in [2.45, 2.75) is 33.1 Å². The molecule has 0 spiro atoms. The van der Waals surface area contributed by atoms with Crippen LogP contribution in [0, 0.1) is 20.2 Å². The van der Waals surface area contributed by atoms with Gasteiger partial charge in [-0.15, -0.1) is 20.2 Å². The fourth-order valence-electron chi connectivity index (χ4n) is 0.354. The van der Waals surface area contributed by atoms with E-state index in [9.17, 15) is 0 Å². The van der Waals surface area contributed by atoms with Gasteiger partial charge in [0, 0.05) is 0 Å². The molecule has 0 aliphatic heterocycles. The first-order valence-electron chi connectivity index (χ1n) is 3.54. The van der Waals surface area contributed by atoms with E-state index in [0.717, 1.165) is 0 Å². The van der Waals surface area contributed by atoms with Crippen LogP contribution >= 0.6 is 0 Å². The molecule has 0 rings (SSSR count). The molecule has 0 heterocycles. The van der Waals surface area contributed by atoms with Crippen molar-refractivity contribution in [2.75, 3.05) is 0 Å². The smallest absolute Gasteiger partial charge is 0.291 e. The maximum atomic E-state index is 8.36. The molecule has 0 aromatic heterocycles. The second kappa shape index (κ2) is 16.8. The van der Waals surface area contributed by atoms with Gasteiger partial charge in [0.15, 0.2) is 0 Å². The summed E-state index contributed by atoms with van der Waals surface area (Å²) in [6.07, 6.45) is 4.08. The molecule has 0 bridgehead atoms. The Labute approximate surface area is 75.0 Å². The van der Waals surface area contributed by atoms with E-state index in [1.807, 2.05) is 0 Å². The van der Waals surface area contributed by atoms with E-state index in [1.54, 1.807) is 0 Å². The van der Waals surface area contributed by atoms with E-state index in [-0.39, 0.29) is 0 Å². The molecule has 0 aliphatic rings. The van der Waals surface area contributed by atoms with Crippen molar-refractivity contribution in [3.05, 3.63) is 20.2 Å². The first kappa shape index (κ1) is 17.5. The number of nitrogens with zero attached hydrogens (tertiary/aromatic N) is 2. The molecule has 8 heteroatoms. The molecule has 80 valence electrons. The SMILES string of the molecule is CCCCC.O=[N+]([O-])O.O=[N+]([O-])O. The monoisotopic (exact) mass is 198 g/mol. The zero-order chi connectivity index (χ0) is 11.3. The second-order valence-corrected chi connectivity index (χ2v) is 1.83. The molecule has 13 heavy (non-hydrogen) atoms. The van der Waals surface area contributed by atoms with Crippen molar-refractivity contribution in [1.29, 1.82) is 0 Å². The van der Waals surface area contributed by atoms with Crippen LogP contribution in [0.1, 0.15) is 33.1 Å². The van der Waals surface area contributed by atoms with Crippen molar-refractivity contribution in [3.63, 3.8) is 0 Å². The standard InChI is InChI=1S/C5H12.2HNO3/c1-3-5-4-2;2*2-1(3)4/h3-5H2,1-2H3;2*(H,2,3,4). The minimum atomic E-state index is -1.50. The summed E-state index contributed by atoms with van der Waals surface area (Å²) in [4.78, 5) is 16.7. The van der Waals surface area contributed by atoms with Gasteiger partial charge in [-0.05, 0) is 0 Å². The number of rotatable bonds is 2. The van der Waals surface area contributed by atoms with Gasteiger partial charge in [0.05, 0.1) is 0 Å². The fraction of sp³-hybridized carbons (Fsp3) is 1.00. The quantitative estimate of drug-likeness (QED) is 0.511. The zero-order valence-electron chi connectivity index (χ0n) is 7.54. The van der Waals surface area contributed by atoms with Gasteiger partial charge in [0.2, 0.25) is 0 Å². The van der Waals surface area contributed by atoms with Crippen molar-refractivity contribution in [1.82, 2.24) is 0 Å². The third kappa shape index (κ3) is 4590. The molecule has 0 unspecified atom stereocenters. The van der Waals surface area contributed by atoms with E-state index < -0.39 is 10.2 Å². The Hall–Kier alpha value is -1.60. The van der Waals surface area contributed by atoms with Crippen molar-refractivity contribution >= 4 is 0 Å². The molecule has 0 saturated heterocycles. The first-order chi connectivity index (χ1) is 5.88. The topological polar surface area (TPSA) is 127 Å². The number of unbranched alkanes of at least 4 members (excludes halogenated alkanes) is 2. The summed E-state index contributed by atoms with van der Waals surface area (Å²) in [5, 5.41) is 27.3. The molecule has 0 radical (unpaired) electrons. The summed E-state index contributed by atoms with van der Waals surface area (Å²) in [6.45, 7) is 4.42. The van der Waals surface area contributed by atoms with Gasteiger partial charge in [-0.2, -0.15) is 0 Å². The van der Waals surface area contributed by atoms with Crippen molar-refractivity contribution in [2.24, 2.45) is 0 Å². The Morgan fingerprint density at radius 2 is 1.15 bits per heavy atom. The van der Waals surface area contributed by atoms with Crippen LogP contribution in [0.3, 0.4) is 0 Å². The van der Waals surface area contributed by atoms with Gasteiger partial charge in [0.1, 0.15) is 0 Å². The van der Waals surface area contributed by atoms with E-state index in [4.69, 9.17) is 30.6 Å². The lowest BCUT2D eigenvalue weighted by molar-refractivity contribution is -0.742. The first-order valence-corrected chi connectivity index (χ1v) is 3.54. The predicted octanol–water partition coefficient (Wildman–Crippen LogP) is 1.50. The van der Waals surface area contributed by atoms with Crippen LogP contribution in [0.15, 0.2) is 0 Å². The molecule has 0 aromatic carbocycles. The van der Waals surface area contributed by atoms with Gasteiger partial charge in [-0.25, -0.2) is 0 Å². The Kier molecular flexibility index (Phi) is 22.6. The van der Waals surface area contributed by atoms with Gasteiger partial charge < -0.3 is 10.4 Å². The van der Waals surface area contributed by atoms with Gasteiger partial charge in [-0.1, -0.05) is 33.1 Å². The summed E-state index contributed by atoms with van der Waals surface area (Å²) in [5.41, 5.74) is 0. The van der Waals surface area contributed by atoms with Crippen LogP contribution in [0.5, 0.6) is 0 Å². The molecular formula is C5H14N2O6. The molecule has 0 fully saturated rings. The Balaban J connectivity index is -0.000000117. The summed E-state index contributed by atoms with van der Waals surface area (Å²) in [5.74, 6) is 0. The van der Waals surface area contributed by atoms with Gasteiger partial charge in [-0.3, -0.25) is 0 Å². The van der Waals surface area contributed by atoms with Crippen LogP contribution < -0.4 is 0 Å². The predicted molar refractivity (Wildman–Crippen MR) is 42.8 cm³/mol. The minimum absolute atomic E-state index is 1.34. The highest BCUT2D eigenvalue weighted by Crippen LogP contribution is 1.88. The van der Waals surface area contributed by atoms with Crippen LogP contribution in [0.2, 0.25) is 0 Å². The van der Waals surface area contributed by atoms with Crippen molar-refractivity contribution in [3.8, 4) is 0 Å². The highest BCUT2D eigenvalue weighted by Gasteiger charge is 1.68. The maximum Gasteiger partial charge on any atom is 0.291 e. The van der Waals surface area contributed by atoms with E-state index in [0.29, 0.717) is 0 Å². The van der Waals surface area contributed by atoms with E-state index >= 15 is 0 Å². The molecule has 0 aliphatic carbocycles. The highest BCUT2D eigenvalue weighted by atomic mass is 16.9. The lowest BCUT2D eigenvalue weighted by atomic mass is 10.3. The fourth-order valence-corrected chi connectivity index (χ4v) is 0.354. The summed E-state index contributed by atoms with van der Waals surface area (Å²) in [6, 6.07) is 0. The van der Waals surface area contributed by atoms with Crippen LogP contribution in [0.4, 0.5) is 0 Å². The largest absolute Gasteiger partial charge is 0.328 e. The van der Waals surface area contributed by atoms with Crippen LogP contribution in [-0.2, 0) is 0 Å². The third-order valence-electron chi connectivity index (χ3n) is 0.707. The average molecular weight is 198 g/mol. The lowest BCUT2D eigenvalue weighted by Gasteiger charge is -1.79. The lowest BCUT2D eigenvalue weighted by Crippen LogP contribution is -1.81. The Morgan fingerprint density at radius 3 is 1.15 bits per heavy atom. The Morgan fingerprint density at radius 1 is 1.00 bits per heavy atom. The molecule has 0 saturated carbocycles. The van der Waals surface area contributed by atoms with Crippen LogP contribution in [0.25, 0.3) is 0 Å². The zero-order valence-corrected chi connectivity index (χ0v) is 7.54. The van der Waals surface area contributed by atoms with Gasteiger partial charge in [0.25, 0.3) is 10.2 Å². The molecule has 8 nitrogen and oxygen atoms in total. The van der Waals surface area contributed by atoms with Crippen molar-refractivity contribution < 1.29 is 20.6 Å². The highest BCUT2D eigenvalue weighted by molar-refractivity contribution is 4.24. The molecule has 0 aromatic rings. The molecule has 0 atom stereocenters. The molecule has 0 amide bonds. The minimum Gasteiger partial charge on any atom is -0.328 e. The van der Waals surface area contributed by atoms with Crippen LogP contribution in [-0.4, -0.2) is 20.6 Å². The second-order valence-electron chi connectivity index (χ2n) is 1.83. The number of hydrogen-bond acceptors (Lipinski definition) is 4. The normalized spacial score (nSPS) is 6.92.